The van der Waals surface area contributed by atoms with E-state index in [9.17, 15) is 0 Å². The average molecular weight is 485 g/mol. The van der Waals surface area contributed by atoms with Crippen molar-refractivity contribution in [3.8, 4) is 0 Å². The average Bonchev–Trinajstić information content (AvgIpc) is 2.60. The van der Waals surface area contributed by atoms with Gasteiger partial charge in [0.2, 0.25) is 0 Å². The van der Waals surface area contributed by atoms with Crippen LogP contribution in [0.1, 0.15) is 167 Å². The van der Waals surface area contributed by atoms with Gasteiger partial charge in [0, 0.05) is 4.90 Å². The zero-order valence-corrected chi connectivity index (χ0v) is 26.4. The van der Waals surface area contributed by atoms with Crippen LogP contribution in [0.25, 0.3) is 0 Å². The molecule has 0 radical (unpaired) electrons. The molecule has 0 heterocycles. The van der Waals surface area contributed by atoms with E-state index in [1.54, 1.807) is 0 Å². The van der Waals surface area contributed by atoms with Crippen molar-refractivity contribution >= 4 is 15.8 Å². The molecule has 0 aromatic carbocycles. The van der Waals surface area contributed by atoms with Gasteiger partial charge in [-0.25, -0.2) is 0 Å². The Kier molecular flexibility index (Phi) is 11.8. The number of hydrogen-bond acceptors (Lipinski definition) is 0. The number of hydrogen-bond donors (Lipinski definition) is 0. The third-order valence-electron chi connectivity index (χ3n) is 8.36. The van der Waals surface area contributed by atoms with E-state index in [-0.39, 0.29) is 15.8 Å². The van der Waals surface area contributed by atoms with Crippen LogP contribution < -0.4 is 0 Å². The van der Waals surface area contributed by atoms with Gasteiger partial charge in [-0.05, 0) is 59.1 Å². The first kappa shape index (κ1) is 30.9. The fourth-order valence-electron chi connectivity index (χ4n) is 8.45. The summed E-state index contributed by atoms with van der Waals surface area (Å²) in [5.41, 5.74) is 0. The van der Waals surface area contributed by atoms with Gasteiger partial charge in [-0.1, -0.05) is 144 Å². The van der Waals surface area contributed by atoms with Gasteiger partial charge in [-0.15, -0.1) is 0 Å². The van der Waals surface area contributed by atoms with Crippen LogP contribution in [0.15, 0.2) is 0 Å². The normalized spacial score (nSPS) is 18.6. The maximum atomic E-state index is 2.70. The molecule has 1 aliphatic rings. The Bertz CT molecular complexity index is 459. The largest absolute Gasteiger partial charge is 0.0842 e. The molecule has 0 atom stereocenters. The maximum Gasteiger partial charge on any atom is 0.0125 e. The van der Waals surface area contributed by atoms with E-state index in [4.69, 9.17) is 0 Å². The molecule has 0 aromatic heterocycles. The molecular formula is C30H62P2. The van der Waals surface area contributed by atoms with Gasteiger partial charge in [0.25, 0.3) is 0 Å². The van der Waals surface area contributed by atoms with E-state index in [1.807, 2.05) is 0 Å². The van der Waals surface area contributed by atoms with Gasteiger partial charge in [0.1, 0.15) is 0 Å². The van der Waals surface area contributed by atoms with Crippen molar-refractivity contribution in [1.29, 1.82) is 0 Å². The third-order valence-corrected chi connectivity index (χ3v) is 17.9. The van der Waals surface area contributed by atoms with E-state index in [0.717, 1.165) is 0 Å². The minimum atomic E-state index is -0.122. The van der Waals surface area contributed by atoms with Gasteiger partial charge < -0.3 is 0 Å². The van der Waals surface area contributed by atoms with Crippen molar-refractivity contribution < 1.29 is 0 Å². The zero-order chi connectivity index (χ0) is 24.8. The van der Waals surface area contributed by atoms with Crippen molar-refractivity contribution in [3.63, 3.8) is 0 Å². The molecule has 1 rings (SSSR count). The van der Waals surface area contributed by atoms with Crippen molar-refractivity contribution in [2.75, 3.05) is 0 Å². The highest BCUT2D eigenvalue weighted by molar-refractivity contribution is 7.80. The lowest BCUT2D eigenvalue weighted by atomic mass is 9.99. The van der Waals surface area contributed by atoms with E-state index in [1.165, 1.54) is 83.5 Å². The Morgan fingerprint density at radius 2 is 0.719 bits per heavy atom. The first-order valence-electron chi connectivity index (χ1n) is 14.3. The van der Waals surface area contributed by atoms with E-state index in [0.29, 0.717) is 25.5 Å². The highest BCUT2D eigenvalue weighted by Gasteiger charge is 2.61. The van der Waals surface area contributed by atoms with Crippen LogP contribution in [0.2, 0.25) is 0 Å². The predicted molar refractivity (Wildman–Crippen MR) is 156 cm³/mol. The maximum absolute atomic E-state index is 2.70. The SMILES string of the molecule is CCCC(C)(C)P(C(C)(C)CCC)C1(P(C(C)(C)CCC)C(C)(C)CCC)CCCCC1. The van der Waals surface area contributed by atoms with Crippen molar-refractivity contribution in [1.82, 2.24) is 0 Å². The Morgan fingerprint density at radius 1 is 0.469 bits per heavy atom. The summed E-state index contributed by atoms with van der Waals surface area (Å²) in [6.45, 7) is 31.3. The molecule has 0 saturated heterocycles. The van der Waals surface area contributed by atoms with Gasteiger partial charge in [0.15, 0.2) is 0 Å². The second-order valence-corrected chi connectivity index (χ2v) is 21.7. The lowest BCUT2D eigenvalue weighted by Gasteiger charge is -2.66. The molecule has 32 heavy (non-hydrogen) atoms. The van der Waals surface area contributed by atoms with Gasteiger partial charge in [-0.2, -0.15) is 0 Å². The van der Waals surface area contributed by atoms with Crippen LogP contribution in [0.3, 0.4) is 0 Å². The van der Waals surface area contributed by atoms with E-state index < -0.39 is 0 Å². The van der Waals surface area contributed by atoms with E-state index >= 15 is 0 Å². The Hall–Kier alpha value is 0.860. The van der Waals surface area contributed by atoms with Crippen LogP contribution in [0.5, 0.6) is 0 Å². The Labute approximate surface area is 207 Å². The minimum Gasteiger partial charge on any atom is -0.0842 e. The zero-order valence-electron chi connectivity index (χ0n) is 24.6. The lowest BCUT2D eigenvalue weighted by Crippen LogP contribution is -2.49. The number of rotatable bonds is 14. The fraction of sp³-hybridized carbons (Fsp3) is 1.00. The summed E-state index contributed by atoms with van der Waals surface area (Å²) in [6, 6.07) is 0. The van der Waals surface area contributed by atoms with Gasteiger partial charge in [-0.3, -0.25) is 0 Å². The standard InChI is InChI=1S/C30H62P2/c1-13-20-26(5,6)31(27(7,8)21-14-2)30(24-18-17-19-25-30)32(28(9,10)22-15-3)29(11,12)23-16-4/h13-25H2,1-12H3. The molecule has 0 bridgehead atoms. The molecule has 1 fully saturated rings. The molecular weight excluding hydrogens is 422 g/mol. The third kappa shape index (κ3) is 6.96. The van der Waals surface area contributed by atoms with E-state index in [2.05, 4.69) is 83.1 Å². The van der Waals surface area contributed by atoms with Crippen molar-refractivity contribution in [3.05, 3.63) is 0 Å². The second-order valence-electron chi connectivity index (χ2n) is 13.5. The summed E-state index contributed by atoms with van der Waals surface area (Å²) in [5, 5.41) is 1.85. The van der Waals surface area contributed by atoms with Crippen LogP contribution in [0, 0.1) is 0 Å². The molecule has 0 unspecified atom stereocenters. The van der Waals surface area contributed by atoms with Crippen LogP contribution in [-0.4, -0.2) is 25.5 Å². The summed E-state index contributed by atoms with van der Waals surface area (Å²) in [7, 11) is -0.244. The Morgan fingerprint density at radius 3 is 0.938 bits per heavy atom. The molecule has 0 N–H and O–H groups in total. The lowest BCUT2D eigenvalue weighted by molar-refractivity contribution is 0.432. The quantitative estimate of drug-likeness (QED) is 0.215. The summed E-state index contributed by atoms with van der Waals surface area (Å²) >= 11 is 0. The van der Waals surface area contributed by atoms with Crippen molar-refractivity contribution in [2.45, 2.75) is 192 Å². The van der Waals surface area contributed by atoms with Crippen LogP contribution >= 0.6 is 15.8 Å². The topological polar surface area (TPSA) is 0 Å². The first-order chi connectivity index (χ1) is 14.7. The van der Waals surface area contributed by atoms with Gasteiger partial charge in [0.05, 0.1) is 0 Å². The predicted octanol–water partition coefficient (Wildman–Crippen LogP) is 11.9. The summed E-state index contributed by atoms with van der Waals surface area (Å²) < 4.78 is 0. The smallest absolute Gasteiger partial charge is 0.0125 e. The molecule has 192 valence electrons. The highest BCUT2D eigenvalue weighted by atomic mass is 31.2. The Balaban J connectivity index is 3.93. The molecule has 0 spiro atoms. The molecule has 0 aliphatic heterocycles. The highest BCUT2D eigenvalue weighted by Crippen LogP contribution is 2.87. The second kappa shape index (κ2) is 12.2. The molecule has 0 aromatic rings. The minimum absolute atomic E-state index is 0.122. The summed E-state index contributed by atoms with van der Waals surface area (Å²) in [5.74, 6) is 0. The molecule has 1 aliphatic carbocycles. The summed E-state index contributed by atoms with van der Waals surface area (Å²) in [6.07, 6.45) is 18.4. The van der Waals surface area contributed by atoms with Crippen molar-refractivity contribution in [2.24, 2.45) is 0 Å². The van der Waals surface area contributed by atoms with Gasteiger partial charge >= 0.3 is 0 Å². The summed E-state index contributed by atoms with van der Waals surface area (Å²) in [4.78, 5) is 0.581. The monoisotopic (exact) mass is 484 g/mol. The first-order valence-corrected chi connectivity index (χ1v) is 17.0. The van der Waals surface area contributed by atoms with Crippen LogP contribution in [-0.2, 0) is 0 Å². The molecule has 1 saturated carbocycles. The molecule has 0 nitrogen and oxygen atoms in total. The van der Waals surface area contributed by atoms with Crippen LogP contribution in [0.4, 0.5) is 0 Å². The molecule has 2 heteroatoms. The molecule has 0 amide bonds. The fourth-order valence-corrected chi connectivity index (χ4v) is 23.6.